The van der Waals surface area contributed by atoms with Crippen molar-refractivity contribution in [3.63, 3.8) is 0 Å². The lowest BCUT2D eigenvalue weighted by atomic mass is 9.79. The molecule has 0 fully saturated rings. The summed E-state index contributed by atoms with van der Waals surface area (Å²) in [5, 5.41) is 22.8. The molecule has 3 aliphatic carbocycles. The molecule has 0 N–H and O–H groups in total. The maximum absolute atomic E-state index is 2.50. The van der Waals surface area contributed by atoms with E-state index in [9.17, 15) is 0 Å². The number of hydrogen-bond acceptors (Lipinski definition) is 0. The van der Waals surface area contributed by atoms with E-state index in [1.807, 2.05) is 0 Å². The van der Waals surface area contributed by atoms with Crippen LogP contribution in [0.3, 0.4) is 0 Å². The standard InChI is InChI=1S/C69H46.C60H44/c1-69(2)63-32-14-13-23-51(63)52-39-38-48(42-64(52)69)66-57-26-9-7-24-55(57)65(56-25-8-10-27-58(56)66)46-35-33-43(34-36-46)47-37-40-61-62(41-47)68(54-31-16-20-45-18-4-6-22-50(45)54)60-29-12-11-28-59(60)67(61)53-30-15-19-44-17-3-5-21-49(44)53;1-59(2)53-22-11-9-17-45(53)47-31-29-41(35-55(47)59)57-49-19-7-8-20-50(49)58(42-30-32-48-46-18-10-12-23-54(46)60(3,4)56(48)36-42)52-34-40(28-33-51(52)57)37-24-26-39(27-25-37)44-21-13-15-38-14-5-6-16-43(38)44/h3-42H,1-2H3;5-36H,1-4H3. The Kier molecular flexibility index (Phi) is 17.2. The lowest BCUT2D eigenvalue weighted by molar-refractivity contribution is 0.660. The summed E-state index contributed by atoms with van der Waals surface area (Å²) in [6, 6.07) is 164. The monoisotopic (exact) mass is 1640 g/mol. The zero-order chi connectivity index (χ0) is 86.1. The van der Waals surface area contributed by atoms with Crippen LogP contribution in [-0.4, -0.2) is 0 Å². The number of rotatable bonds is 9. The first kappa shape index (κ1) is 75.9. The molecule has 0 radical (unpaired) electrons. The van der Waals surface area contributed by atoms with Crippen molar-refractivity contribution >= 4 is 97.0 Å². The molecular weight excluding hydrogens is 1550 g/mol. The van der Waals surface area contributed by atoms with Crippen molar-refractivity contribution in [3.05, 3.63) is 470 Å². The van der Waals surface area contributed by atoms with Crippen LogP contribution in [-0.2, 0) is 16.2 Å². The second kappa shape index (κ2) is 29.2. The van der Waals surface area contributed by atoms with Crippen LogP contribution in [0.25, 0.3) is 230 Å². The molecule has 0 atom stereocenters. The molecule has 0 aliphatic heterocycles. The van der Waals surface area contributed by atoms with Crippen molar-refractivity contribution in [1.29, 1.82) is 0 Å². The Bertz CT molecular complexity index is 8610. The lowest BCUT2D eigenvalue weighted by Crippen LogP contribution is -2.15. The fraction of sp³-hybridized carbons (Fsp3) is 0.0698. The Labute approximate surface area is 753 Å². The number of fused-ring (bicyclic) bond motifs is 18. The van der Waals surface area contributed by atoms with Crippen molar-refractivity contribution < 1.29 is 0 Å². The van der Waals surface area contributed by atoms with E-state index in [1.165, 1.54) is 264 Å². The van der Waals surface area contributed by atoms with Crippen LogP contribution in [0.15, 0.2) is 437 Å². The predicted molar refractivity (Wildman–Crippen MR) is 552 cm³/mol. The fourth-order valence-electron chi connectivity index (χ4n) is 23.3. The normalized spacial score (nSPS) is 13.5. The molecule has 0 nitrogen and oxygen atoms in total. The summed E-state index contributed by atoms with van der Waals surface area (Å²) in [5.74, 6) is 0. The van der Waals surface area contributed by atoms with Crippen LogP contribution >= 0.6 is 0 Å². The van der Waals surface area contributed by atoms with E-state index in [0.29, 0.717) is 0 Å². The van der Waals surface area contributed by atoms with E-state index in [0.717, 1.165) is 0 Å². The van der Waals surface area contributed by atoms with Gasteiger partial charge >= 0.3 is 0 Å². The Morgan fingerprint density at radius 1 is 0.116 bits per heavy atom. The van der Waals surface area contributed by atoms with Gasteiger partial charge in [-0.05, 0) is 294 Å². The summed E-state index contributed by atoms with van der Waals surface area (Å²) in [5.41, 5.74) is 38.7. The van der Waals surface area contributed by atoms with Crippen LogP contribution in [0.2, 0.25) is 0 Å². The van der Waals surface area contributed by atoms with E-state index < -0.39 is 0 Å². The zero-order valence-electron chi connectivity index (χ0n) is 73.1. The molecule has 0 saturated carbocycles. The molecule has 0 aromatic heterocycles. The molecule has 23 aromatic carbocycles. The van der Waals surface area contributed by atoms with E-state index in [1.54, 1.807) is 0 Å². The van der Waals surface area contributed by atoms with Gasteiger partial charge in [0.25, 0.3) is 0 Å². The molecule has 0 saturated heterocycles. The van der Waals surface area contributed by atoms with Gasteiger partial charge in [-0.25, -0.2) is 0 Å². The second-order valence-corrected chi connectivity index (χ2v) is 37.5. The van der Waals surface area contributed by atoms with Crippen molar-refractivity contribution in [3.8, 4) is 134 Å². The van der Waals surface area contributed by atoms with E-state index in [2.05, 4.69) is 478 Å². The maximum atomic E-state index is 2.50. The highest BCUT2D eigenvalue weighted by molar-refractivity contribution is 6.27. The minimum absolute atomic E-state index is 0.0787. The Hall–Kier alpha value is -15.6. The molecule has 23 aromatic rings. The van der Waals surface area contributed by atoms with E-state index >= 15 is 0 Å². The second-order valence-electron chi connectivity index (χ2n) is 37.5. The third-order valence-electron chi connectivity index (χ3n) is 29.5. The summed E-state index contributed by atoms with van der Waals surface area (Å²) in [4.78, 5) is 0. The highest BCUT2D eigenvalue weighted by atomic mass is 14.4. The fourth-order valence-corrected chi connectivity index (χ4v) is 23.3. The first-order valence-electron chi connectivity index (χ1n) is 45.6. The highest BCUT2D eigenvalue weighted by Gasteiger charge is 2.39. The van der Waals surface area contributed by atoms with Crippen LogP contribution in [0.1, 0.15) is 74.9 Å². The topological polar surface area (TPSA) is 0 Å². The third kappa shape index (κ3) is 11.8. The number of benzene rings is 23. The molecule has 0 spiro atoms. The Morgan fingerprint density at radius 2 is 0.333 bits per heavy atom. The van der Waals surface area contributed by atoms with Crippen molar-refractivity contribution in [2.45, 2.75) is 57.8 Å². The largest absolute Gasteiger partial charge is 0.0619 e. The zero-order valence-corrected chi connectivity index (χ0v) is 73.1. The van der Waals surface area contributed by atoms with Crippen molar-refractivity contribution in [2.75, 3.05) is 0 Å². The van der Waals surface area contributed by atoms with Gasteiger partial charge in [0.15, 0.2) is 0 Å². The molecule has 0 unspecified atom stereocenters. The summed E-state index contributed by atoms with van der Waals surface area (Å²) in [7, 11) is 0. The molecule has 0 heteroatoms. The molecule has 606 valence electrons. The van der Waals surface area contributed by atoms with Gasteiger partial charge in [0.05, 0.1) is 0 Å². The summed E-state index contributed by atoms with van der Waals surface area (Å²) in [6.45, 7) is 14.3. The van der Waals surface area contributed by atoms with E-state index in [-0.39, 0.29) is 16.2 Å². The van der Waals surface area contributed by atoms with Gasteiger partial charge in [0.2, 0.25) is 0 Å². The van der Waals surface area contributed by atoms with Gasteiger partial charge in [0, 0.05) is 16.2 Å². The van der Waals surface area contributed by atoms with Crippen LogP contribution < -0.4 is 0 Å². The van der Waals surface area contributed by atoms with Crippen LogP contribution in [0.4, 0.5) is 0 Å². The quantitative estimate of drug-likeness (QED) is 0.126. The van der Waals surface area contributed by atoms with E-state index in [4.69, 9.17) is 0 Å². The number of hydrogen-bond donors (Lipinski definition) is 0. The van der Waals surface area contributed by atoms with Gasteiger partial charge in [-0.2, -0.15) is 0 Å². The molecule has 0 bridgehead atoms. The third-order valence-corrected chi connectivity index (χ3v) is 29.5. The van der Waals surface area contributed by atoms with Gasteiger partial charge in [-0.1, -0.05) is 448 Å². The first-order chi connectivity index (χ1) is 63.3. The molecule has 129 heavy (non-hydrogen) atoms. The average Bonchev–Trinajstić information content (AvgIpc) is 1.71. The highest BCUT2D eigenvalue weighted by Crippen LogP contribution is 2.57. The van der Waals surface area contributed by atoms with Crippen molar-refractivity contribution in [2.24, 2.45) is 0 Å². The summed E-state index contributed by atoms with van der Waals surface area (Å²) >= 11 is 0. The lowest BCUT2D eigenvalue weighted by Gasteiger charge is -2.24. The van der Waals surface area contributed by atoms with Gasteiger partial charge in [0.1, 0.15) is 0 Å². The average molecular weight is 1640 g/mol. The molecule has 0 amide bonds. The smallest absolute Gasteiger partial charge is 0.0159 e. The molecular formula is C129H90. The molecule has 0 heterocycles. The van der Waals surface area contributed by atoms with Crippen LogP contribution in [0.5, 0.6) is 0 Å². The Morgan fingerprint density at radius 3 is 0.705 bits per heavy atom. The molecule has 26 rings (SSSR count). The van der Waals surface area contributed by atoms with Gasteiger partial charge < -0.3 is 0 Å². The Balaban J connectivity index is 0.000000141. The van der Waals surface area contributed by atoms with Crippen LogP contribution in [0, 0.1) is 0 Å². The SMILES string of the molecule is CC1(C)c2ccccc2-c2ccc(-c3c4ccccc4c(-c4ccc(-c5ccc6c(-c7cccc8ccccc78)c7ccccc7c(-c7cccc8ccccc78)c6c5)cc4)c4ccccc34)cc21.CC1(C)c2ccccc2-c2ccc(-c3c4ccccc4c(-c4ccc5c(c4)C(C)(C)c4ccccc4-5)c4cc(-c5ccc(-c6cccc7ccccc67)cc5)ccc34)cc21. The van der Waals surface area contributed by atoms with Gasteiger partial charge in [-0.15, -0.1) is 0 Å². The minimum Gasteiger partial charge on any atom is -0.0619 e. The molecule has 3 aliphatic rings. The van der Waals surface area contributed by atoms with Gasteiger partial charge in [-0.3, -0.25) is 0 Å². The summed E-state index contributed by atoms with van der Waals surface area (Å²) in [6.07, 6.45) is 0. The first-order valence-corrected chi connectivity index (χ1v) is 45.6. The maximum Gasteiger partial charge on any atom is 0.0159 e. The van der Waals surface area contributed by atoms with Crippen molar-refractivity contribution in [1.82, 2.24) is 0 Å². The summed E-state index contributed by atoms with van der Waals surface area (Å²) < 4.78 is 0. The minimum atomic E-state index is -0.0979. The predicted octanol–water partition coefficient (Wildman–Crippen LogP) is 35.7.